The molecule has 0 aromatic rings. The van der Waals surface area contributed by atoms with E-state index in [-0.39, 0.29) is 31.1 Å². The quantitative estimate of drug-likeness (QED) is 0.0263. The number of allylic oxidation sites excluding steroid dienone is 8. The molecule has 0 saturated heterocycles. The summed E-state index contributed by atoms with van der Waals surface area (Å²) in [5.74, 6) is -0.895. The predicted octanol–water partition coefficient (Wildman–Crippen LogP) is 16.3. The van der Waals surface area contributed by atoms with Gasteiger partial charge in [-0.1, -0.05) is 204 Å². The van der Waals surface area contributed by atoms with Crippen molar-refractivity contribution in [1.82, 2.24) is 0 Å². The van der Waals surface area contributed by atoms with E-state index >= 15 is 0 Å². The number of carbonyl (C=O) groups excluding carboxylic acids is 3. The number of ether oxygens (including phenoxy) is 3. The molecule has 0 aromatic heterocycles. The molecular weight excluding hydrogens is 733 g/mol. The highest BCUT2D eigenvalue weighted by Crippen LogP contribution is 2.15. The Morgan fingerprint density at radius 3 is 1.08 bits per heavy atom. The highest BCUT2D eigenvalue weighted by molar-refractivity contribution is 5.71. The fourth-order valence-corrected chi connectivity index (χ4v) is 7.04. The monoisotopic (exact) mass is 827 g/mol. The molecule has 0 bridgehead atoms. The van der Waals surface area contributed by atoms with E-state index in [9.17, 15) is 14.4 Å². The first-order valence-corrected chi connectivity index (χ1v) is 25.1. The molecule has 1 unspecified atom stereocenters. The second-order valence-corrected chi connectivity index (χ2v) is 16.7. The van der Waals surface area contributed by atoms with E-state index in [0.717, 1.165) is 89.9 Å². The zero-order valence-corrected chi connectivity index (χ0v) is 39.0. The molecule has 0 spiro atoms. The molecule has 342 valence electrons. The predicted molar refractivity (Wildman–Crippen MR) is 252 cm³/mol. The molecule has 1 atom stereocenters. The molecule has 0 N–H and O–H groups in total. The molecule has 0 heterocycles. The molecule has 6 nitrogen and oxygen atoms in total. The Hall–Kier alpha value is -2.63. The molecule has 0 aliphatic heterocycles. The summed E-state index contributed by atoms with van der Waals surface area (Å²) in [6.07, 6.45) is 56.6. The van der Waals surface area contributed by atoms with Crippen LogP contribution in [0.5, 0.6) is 0 Å². The highest BCUT2D eigenvalue weighted by Gasteiger charge is 2.19. The van der Waals surface area contributed by atoms with Crippen molar-refractivity contribution in [3.63, 3.8) is 0 Å². The van der Waals surface area contributed by atoms with Crippen LogP contribution in [-0.2, 0) is 28.6 Å². The number of hydrogen-bond acceptors (Lipinski definition) is 6. The van der Waals surface area contributed by atoms with E-state index in [4.69, 9.17) is 14.2 Å². The third-order valence-corrected chi connectivity index (χ3v) is 10.8. The van der Waals surface area contributed by atoms with Crippen LogP contribution >= 0.6 is 0 Å². The summed E-state index contributed by atoms with van der Waals surface area (Å²) in [5.41, 5.74) is 0. The Bertz CT molecular complexity index is 1040. The topological polar surface area (TPSA) is 78.9 Å². The zero-order chi connectivity index (χ0) is 43.0. The van der Waals surface area contributed by atoms with Gasteiger partial charge in [-0.25, -0.2) is 0 Å². The summed E-state index contributed by atoms with van der Waals surface area (Å²) in [6, 6.07) is 0. The average molecular weight is 827 g/mol. The van der Waals surface area contributed by atoms with Crippen molar-refractivity contribution in [1.29, 1.82) is 0 Å². The molecule has 0 radical (unpaired) electrons. The second kappa shape index (κ2) is 48.0. The van der Waals surface area contributed by atoms with E-state index < -0.39 is 6.10 Å². The molecule has 0 amide bonds. The summed E-state index contributed by atoms with van der Waals surface area (Å²) in [5, 5.41) is 0. The van der Waals surface area contributed by atoms with Crippen LogP contribution in [0.4, 0.5) is 0 Å². The van der Waals surface area contributed by atoms with Crippen LogP contribution in [0, 0.1) is 0 Å². The molecule has 0 saturated carbocycles. The molecule has 0 aromatic carbocycles. The lowest BCUT2D eigenvalue weighted by Gasteiger charge is -2.18. The van der Waals surface area contributed by atoms with E-state index in [0.29, 0.717) is 19.3 Å². The van der Waals surface area contributed by atoms with Crippen LogP contribution in [0.25, 0.3) is 0 Å². The Morgan fingerprint density at radius 2 is 0.661 bits per heavy atom. The minimum Gasteiger partial charge on any atom is -0.462 e. The number of rotatable bonds is 45. The standard InChI is InChI=1S/C53H94O6/c1-4-7-10-13-16-19-22-25-26-27-29-31-34-37-40-43-46-52(55)58-49-50(48-57-51(54)45-42-39-36-33-30-24-21-18-15-12-9-6-3)59-53(56)47-44-41-38-35-32-28-23-20-17-14-11-8-5-2/h7,10,16,18-19,21,25-26,50H,4-6,8-9,11-15,17,20,22-24,27-49H2,1-3H3/b10-7-,19-16-,21-18-,26-25-. The van der Waals surface area contributed by atoms with Gasteiger partial charge < -0.3 is 14.2 Å². The van der Waals surface area contributed by atoms with Gasteiger partial charge in [0.05, 0.1) is 0 Å². The van der Waals surface area contributed by atoms with Crippen molar-refractivity contribution in [3.05, 3.63) is 48.6 Å². The van der Waals surface area contributed by atoms with Gasteiger partial charge in [-0.05, 0) is 77.0 Å². The largest absolute Gasteiger partial charge is 0.462 e. The molecule has 59 heavy (non-hydrogen) atoms. The van der Waals surface area contributed by atoms with Gasteiger partial charge in [0.15, 0.2) is 6.10 Å². The molecule has 0 aliphatic rings. The van der Waals surface area contributed by atoms with Crippen molar-refractivity contribution in [2.45, 2.75) is 258 Å². The summed E-state index contributed by atoms with van der Waals surface area (Å²) in [6.45, 7) is 6.49. The van der Waals surface area contributed by atoms with Crippen molar-refractivity contribution in [2.24, 2.45) is 0 Å². The fourth-order valence-electron chi connectivity index (χ4n) is 7.04. The SMILES string of the molecule is CC/C=C\C/C=C\C/C=C\CCCCCCCCC(=O)OCC(COC(=O)CCCCCCC/C=C\CCCCC)OC(=O)CCCCCCCCCCCCCCC. The van der Waals surface area contributed by atoms with Crippen LogP contribution in [-0.4, -0.2) is 37.2 Å². The number of hydrogen-bond donors (Lipinski definition) is 0. The molecule has 0 fully saturated rings. The van der Waals surface area contributed by atoms with Gasteiger partial charge in [-0.15, -0.1) is 0 Å². The van der Waals surface area contributed by atoms with Gasteiger partial charge in [-0.2, -0.15) is 0 Å². The first-order valence-electron chi connectivity index (χ1n) is 25.1. The molecule has 0 rings (SSSR count). The maximum Gasteiger partial charge on any atom is 0.306 e. The van der Waals surface area contributed by atoms with Gasteiger partial charge in [0, 0.05) is 19.3 Å². The van der Waals surface area contributed by atoms with Crippen LogP contribution in [0.3, 0.4) is 0 Å². The van der Waals surface area contributed by atoms with Gasteiger partial charge in [0.25, 0.3) is 0 Å². The summed E-state index contributed by atoms with van der Waals surface area (Å²) in [7, 11) is 0. The van der Waals surface area contributed by atoms with E-state index in [1.54, 1.807) is 0 Å². The summed E-state index contributed by atoms with van der Waals surface area (Å²) in [4.78, 5) is 37.9. The number of esters is 3. The minimum absolute atomic E-state index is 0.0798. The number of carbonyl (C=O) groups is 3. The lowest BCUT2D eigenvalue weighted by Crippen LogP contribution is -2.30. The lowest BCUT2D eigenvalue weighted by atomic mass is 10.0. The van der Waals surface area contributed by atoms with Crippen LogP contribution in [0.15, 0.2) is 48.6 Å². The second-order valence-electron chi connectivity index (χ2n) is 16.7. The van der Waals surface area contributed by atoms with Crippen molar-refractivity contribution in [2.75, 3.05) is 13.2 Å². The first-order chi connectivity index (χ1) is 29.0. The fraction of sp³-hybridized carbons (Fsp3) is 0.792. The highest BCUT2D eigenvalue weighted by atomic mass is 16.6. The van der Waals surface area contributed by atoms with Crippen LogP contribution in [0.2, 0.25) is 0 Å². The van der Waals surface area contributed by atoms with E-state index in [1.165, 1.54) is 122 Å². The maximum atomic E-state index is 12.8. The first kappa shape index (κ1) is 56.4. The average Bonchev–Trinajstić information content (AvgIpc) is 3.23. The lowest BCUT2D eigenvalue weighted by molar-refractivity contribution is -0.167. The van der Waals surface area contributed by atoms with Crippen molar-refractivity contribution in [3.8, 4) is 0 Å². The minimum atomic E-state index is -0.777. The van der Waals surface area contributed by atoms with E-state index in [2.05, 4.69) is 69.4 Å². The third-order valence-electron chi connectivity index (χ3n) is 10.8. The normalized spacial score (nSPS) is 12.4. The Labute approximate surface area is 365 Å². The van der Waals surface area contributed by atoms with Gasteiger partial charge in [0.2, 0.25) is 0 Å². The Morgan fingerprint density at radius 1 is 0.356 bits per heavy atom. The van der Waals surface area contributed by atoms with Crippen molar-refractivity contribution >= 4 is 17.9 Å². The van der Waals surface area contributed by atoms with Crippen LogP contribution in [0.1, 0.15) is 252 Å². The third kappa shape index (κ3) is 46.3. The number of unbranched alkanes of at least 4 members (excludes halogenated alkanes) is 26. The van der Waals surface area contributed by atoms with E-state index in [1.807, 2.05) is 0 Å². The Kier molecular flexibility index (Phi) is 45.9. The zero-order valence-electron chi connectivity index (χ0n) is 39.0. The molecule has 6 heteroatoms. The molecule has 0 aliphatic carbocycles. The van der Waals surface area contributed by atoms with Gasteiger partial charge >= 0.3 is 17.9 Å². The summed E-state index contributed by atoms with van der Waals surface area (Å²) >= 11 is 0. The summed E-state index contributed by atoms with van der Waals surface area (Å²) < 4.78 is 16.8. The maximum absolute atomic E-state index is 12.8. The van der Waals surface area contributed by atoms with Crippen LogP contribution < -0.4 is 0 Å². The molecular formula is C53H94O6. The smallest absolute Gasteiger partial charge is 0.306 e. The van der Waals surface area contributed by atoms with Crippen molar-refractivity contribution < 1.29 is 28.6 Å². The van der Waals surface area contributed by atoms with Gasteiger partial charge in [-0.3, -0.25) is 14.4 Å². The van der Waals surface area contributed by atoms with Gasteiger partial charge in [0.1, 0.15) is 13.2 Å². The Balaban J connectivity index is 4.38.